The molecular formula is C6H10LiNO4S. The second-order valence-corrected chi connectivity index (χ2v) is 3.25. The number of nitrogens with one attached hydrogen (secondary N) is 1. The van der Waals surface area contributed by atoms with Crippen LogP contribution in [0.5, 0.6) is 0 Å². The molecule has 0 aromatic carbocycles. The van der Waals surface area contributed by atoms with Crippen LogP contribution in [0.15, 0.2) is 24.8 Å². The van der Waals surface area contributed by atoms with Crippen LogP contribution in [-0.4, -0.2) is 20.9 Å². The minimum atomic E-state index is -3.76. The van der Waals surface area contributed by atoms with Crippen LogP contribution in [0.1, 0.15) is 1.43 Å². The van der Waals surface area contributed by atoms with Gasteiger partial charge in [-0.3, -0.25) is 8.98 Å². The molecule has 1 N–H and O–H groups in total. The third-order valence-electron chi connectivity index (χ3n) is 0.821. The van der Waals surface area contributed by atoms with Crippen LogP contribution in [0.25, 0.3) is 0 Å². The molecule has 0 bridgehead atoms. The van der Waals surface area contributed by atoms with Crippen molar-refractivity contribution in [3.05, 3.63) is 24.8 Å². The van der Waals surface area contributed by atoms with Gasteiger partial charge in [0.1, 0.15) is 6.61 Å². The van der Waals surface area contributed by atoms with Gasteiger partial charge in [-0.1, -0.05) is 13.2 Å². The van der Waals surface area contributed by atoms with E-state index in [9.17, 15) is 13.2 Å². The van der Waals surface area contributed by atoms with E-state index in [2.05, 4.69) is 22.7 Å². The second kappa shape index (κ2) is 6.92. The van der Waals surface area contributed by atoms with Gasteiger partial charge in [0, 0.05) is 0 Å². The van der Waals surface area contributed by atoms with E-state index in [1.54, 1.807) is 0 Å². The molecule has 0 radical (unpaired) electrons. The third-order valence-corrected chi connectivity index (χ3v) is 1.68. The summed E-state index contributed by atoms with van der Waals surface area (Å²) in [6.07, 6.45) is 1.13. The molecule has 0 unspecified atom stereocenters. The van der Waals surface area contributed by atoms with Gasteiger partial charge in [0.05, 0.1) is 5.41 Å². The van der Waals surface area contributed by atoms with Crippen molar-refractivity contribution in [3.63, 3.8) is 0 Å². The van der Waals surface area contributed by atoms with Gasteiger partial charge in [0.15, 0.2) is 0 Å². The average Bonchev–Trinajstić information content (AvgIpc) is 2.02. The maximum absolute atomic E-state index is 10.6. The van der Waals surface area contributed by atoms with Crippen LogP contribution in [0.2, 0.25) is 0 Å². The zero-order chi connectivity index (χ0) is 9.61. The standard InChI is InChI=1S/C6H9NO4S.Li.H/c1-3-7-6(8)5-11-12(9,10)4-2;;/h3-4H,1-2,5H2,(H,7,8);;/q;+1;-1. The zero-order valence-electron chi connectivity index (χ0n) is 8.32. The van der Waals surface area contributed by atoms with E-state index in [0.717, 1.165) is 6.20 Å². The molecule has 0 saturated heterocycles. The fourth-order valence-electron chi connectivity index (χ4n) is 0.339. The van der Waals surface area contributed by atoms with Gasteiger partial charge in [0.2, 0.25) is 0 Å². The van der Waals surface area contributed by atoms with Gasteiger partial charge in [-0.15, -0.1) is 0 Å². The molecule has 7 heteroatoms. The summed E-state index contributed by atoms with van der Waals surface area (Å²) in [4.78, 5) is 10.6. The number of amides is 1. The monoisotopic (exact) mass is 199 g/mol. The van der Waals surface area contributed by atoms with Crippen LogP contribution >= 0.6 is 0 Å². The number of hydrogen-bond acceptors (Lipinski definition) is 4. The van der Waals surface area contributed by atoms with Crippen LogP contribution in [0, 0.1) is 0 Å². The maximum Gasteiger partial charge on any atom is 1.00 e. The molecule has 5 nitrogen and oxygen atoms in total. The molecule has 0 aliphatic heterocycles. The van der Waals surface area contributed by atoms with Crippen LogP contribution in [-0.2, 0) is 19.1 Å². The van der Waals surface area contributed by atoms with E-state index in [-0.39, 0.29) is 20.3 Å². The van der Waals surface area contributed by atoms with Crippen molar-refractivity contribution in [1.29, 1.82) is 0 Å². The van der Waals surface area contributed by atoms with E-state index in [0.29, 0.717) is 5.41 Å². The summed E-state index contributed by atoms with van der Waals surface area (Å²) >= 11 is 0. The second-order valence-electron chi connectivity index (χ2n) is 1.69. The van der Waals surface area contributed by atoms with Crippen molar-refractivity contribution < 1.29 is 37.7 Å². The first-order valence-corrected chi connectivity index (χ1v) is 4.41. The molecule has 0 aromatic rings. The minimum Gasteiger partial charge on any atom is -1.00 e. The Balaban J connectivity index is -0.000000605. The van der Waals surface area contributed by atoms with Crippen molar-refractivity contribution in [1.82, 2.24) is 5.32 Å². The molecule has 13 heavy (non-hydrogen) atoms. The van der Waals surface area contributed by atoms with Crippen molar-refractivity contribution in [2.24, 2.45) is 0 Å². The van der Waals surface area contributed by atoms with Gasteiger partial charge in [-0.25, -0.2) is 0 Å². The van der Waals surface area contributed by atoms with Crippen molar-refractivity contribution in [2.45, 2.75) is 0 Å². The molecule has 0 aliphatic rings. The summed E-state index contributed by atoms with van der Waals surface area (Å²) in [5.41, 5.74) is 0. The smallest absolute Gasteiger partial charge is 1.00 e. The zero-order valence-corrected chi connectivity index (χ0v) is 8.13. The Morgan fingerprint density at radius 2 is 2.08 bits per heavy atom. The molecule has 70 valence electrons. The molecule has 0 saturated carbocycles. The SMILES string of the molecule is C=CNC(=O)COS(=O)(=O)C=C.[H-].[Li+]. The quantitative estimate of drug-likeness (QED) is 0.375. The summed E-state index contributed by atoms with van der Waals surface area (Å²) in [7, 11) is -3.76. The Hall–Kier alpha value is -0.543. The minimum absolute atomic E-state index is 0. The van der Waals surface area contributed by atoms with Gasteiger partial charge < -0.3 is 6.74 Å². The largest absolute Gasteiger partial charge is 1.00 e. The van der Waals surface area contributed by atoms with Gasteiger partial charge in [0.25, 0.3) is 16.0 Å². The Morgan fingerprint density at radius 3 is 2.46 bits per heavy atom. The molecule has 0 fully saturated rings. The molecule has 0 heterocycles. The molecule has 0 rings (SSSR count). The predicted octanol–water partition coefficient (Wildman–Crippen LogP) is -3.15. The van der Waals surface area contributed by atoms with Gasteiger partial charge in [-0.2, -0.15) is 8.42 Å². The Morgan fingerprint density at radius 1 is 1.54 bits per heavy atom. The fourth-order valence-corrected chi connectivity index (χ4v) is 0.707. The van der Waals surface area contributed by atoms with Crippen molar-refractivity contribution in [2.75, 3.05) is 6.61 Å². The number of carbonyl (C=O) groups is 1. The Labute approximate surface area is 90.6 Å². The molecule has 0 spiro atoms. The van der Waals surface area contributed by atoms with E-state index >= 15 is 0 Å². The van der Waals surface area contributed by atoms with Gasteiger partial charge in [-0.05, 0) is 6.20 Å². The van der Waals surface area contributed by atoms with E-state index in [4.69, 9.17) is 0 Å². The summed E-state index contributed by atoms with van der Waals surface area (Å²) in [5, 5.41) is 2.76. The van der Waals surface area contributed by atoms with E-state index in [1.807, 2.05) is 0 Å². The molecule has 0 atom stereocenters. The molecule has 0 aromatic heterocycles. The summed E-state index contributed by atoms with van der Waals surface area (Å²) in [6.45, 7) is 5.63. The number of rotatable bonds is 5. The van der Waals surface area contributed by atoms with Crippen LogP contribution in [0.3, 0.4) is 0 Å². The number of carbonyl (C=O) groups excluding carboxylic acids is 1. The summed E-state index contributed by atoms with van der Waals surface area (Å²) in [6, 6.07) is 0. The number of hydrogen-bond donors (Lipinski definition) is 1. The summed E-state index contributed by atoms with van der Waals surface area (Å²) < 4.78 is 25.3. The average molecular weight is 199 g/mol. The summed E-state index contributed by atoms with van der Waals surface area (Å²) in [5.74, 6) is -0.588. The normalized spacial score (nSPS) is 9.54. The van der Waals surface area contributed by atoms with Crippen molar-refractivity contribution in [3.8, 4) is 0 Å². The third kappa shape index (κ3) is 7.81. The van der Waals surface area contributed by atoms with Crippen molar-refractivity contribution >= 4 is 16.0 Å². The van der Waals surface area contributed by atoms with Crippen LogP contribution in [0.4, 0.5) is 0 Å². The first-order chi connectivity index (χ1) is 5.52. The molecule has 1 amide bonds. The van der Waals surface area contributed by atoms with E-state index < -0.39 is 22.6 Å². The Bertz CT molecular complexity index is 290. The van der Waals surface area contributed by atoms with Gasteiger partial charge >= 0.3 is 18.9 Å². The predicted molar refractivity (Wildman–Crippen MR) is 44.5 cm³/mol. The van der Waals surface area contributed by atoms with Crippen LogP contribution < -0.4 is 24.2 Å². The Kier molecular flexibility index (Phi) is 7.96. The first-order valence-electron chi connectivity index (χ1n) is 2.94. The first kappa shape index (κ1) is 15.0. The molecule has 0 aliphatic carbocycles. The molecular weight excluding hydrogens is 189 g/mol. The van der Waals surface area contributed by atoms with E-state index in [1.165, 1.54) is 0 Å². The maximum atomic E-state index is 10.6. The topological polar surface area (TPSA) is 72.5 Å². The fraction of sp³-hybridized carbons (Fsp3) is 0.167.